The van der Waals surface area contributed by atoms with Crippen molar-refractivity contribution in [2.24, 2.45) is 0 Å². The Kier molecular flexibility index (Phi) is 3.38. The highest BCUT2D eigenvalue weighted by Gasteiger charge is 2.19. The fourth-order valence-electron chi connectivity index (χ4n) is 1.06. The predicted octanol–water partition coefficient (Wildman–Crippen LogP) is 0.570. The number of aromatic nitrogens is 1. The fourth-order valence-corrected chi connectivity index (χ4v) is 1.06. The molecule has 0 fully saturated rings. The number of ether oxygens (including phenoxy) is 1. The molecule has 0 atom stereocenters. The SMILES string of the molecule is COC(=O)c1cccnc1C(=O)N(C)C. The molecule has 0 spiro atoms. The van der Waals surface area contributed by atoms with Crippen LogP contribution in [0.15, 0.2) is 18.3 Å². The lowest BCUT2D eigenvalue weighted by Gasteiger charge is -2.11. The maximum Gasteiger partial charge on any atom is 0.340 e. The van der Waals surface area contributed by atoms with Gasteiger partial charge in [0.05, 0.1) is 12.7 Å². The zero-order valence-electron chi connectivity index (χ0n) is 8.85. The number of pyridine rings is 1. The van der Waals surface area contributed by atoms with Crippen molar-refractivity contribution in [2.75, 3.05) is 21.2 Å². The molecule has 1 heterocycles. The summed E-state index contributed by atoms with van der Waals surface area (Å²) in [6.07, 6.45) is 1.46. The summed E-state index contributed by atoms with van der Waals surface area (Å²) < 4.78 is 4.56. The van der Waals surface area contributed by atoms with E-state index in [0.717, 1.165) is 0 Å². The Morgan fingerprint density at radius 3 is 2.60 bits per heavy atom. The summed E-state index contributed by atoms with van der Waals surface area (Å²) in [4.78, 5) is 28.2. The molecule has 80 valence electrons. The Hall–Kier alpha value is -1.91. The third-order valence-corrected chi connectivity index (χ3v) is 1.82. The van der Waals surface area contributed by atoms with Crippen LogP contribution >= 0.6 is 0 Å². The van der Waals surface area contributed by atoms with E-state index < -0.39 is 5.97 Å². The second kappa shape index (κ2) is 4.54. The lowest BCUT2D eigenvalue weighted by atomic mass is 10.2. The van der Waals surface area contributed by atoms with Crippen molar-refractivity contribution in [3.8, 4) is 0 Å². The van der Waals surface area contributed by atoms with E-state index in [1.807, 2.05) is 0 Å². The largest absolute Gasteiger partial charge is 0.465 e. The van der Waals surface area contributed by atoms with Gasteiger partial charge in [-0.25, -0.2) is 4.79 Å². The standard InChI is InChI=1S/C10H12N2O3/c1-12(2)9(13)8-7(10(14)15-3)5-4-6-11-8/h4-6H,1-3H3. The highest BCUT2D eigenvalue weighted by Crippen LogP contribution is 2.08. The number of carbonyl (C=O) groups excluding carboxylic acids is 2. The zero-order chi connectivity index (χ0) is 11.4. The van der Waals surface area contributed by atoms with Gasteiger partial charge in [-0.3, -0.25) is 9.78 Å². The van der Waals surface area contributed by atoms with Gasteiger partial charge in [-0.05, 0) is 12.1 Å². The van der Waals surface area contributed by atoms with Crippen LogP contribution in [-0.2, 0) is 4.74 Å². The molecule has 1 aromatic heterocycles. The first-order chi connectivity index (χ1) is 7.07. The third kappa shape index (κ3) is 2.31. The molecule has 1 rings (SSSR count). The molecule has 0 unspecified atom stereocenters. The number of methoxy groups -OCH3 is 1. The highest BCUT2D eigenvalue weighted by atomic mass is 16.5. The molecule has 0 saturated carbocycles. The molecule has 0 radical (unpaired) electrons. The summed E-state index contributed by atoms with van der Waals surface area (Å²) in [6, 6.07) is 3.09. The molecular weight excluding hydrogens is 196 g/mol. The lowest BCUT2D eigenvalue weighted by molar-refractivity contribution is 0.0592. The van der Waals surface area contributed by atoms with Crippen molar-refractivity contribution < 1.29 is 14.3 Å². The fraction of sp³-hybridized carbons (Fsp3) is 0.300. The number of hydrogen-bond donors (Lipinski definition) is 0. The van der Waals surface area contributed by atoms with Crippen LogP contribution < -0.4 is 0 Å². The first-order valence-corrected chi connectivity index (χ1v) is 4.33. The number of hydrogen-bond acceptors (Lipinski definition) is 4. The topological polar surface area (TPSA) is 59.5 Å². The first-order valence-electron chi connectivity index (χ1n) is 4.33. The minimum absolute atomic E-state index is 0.106. The van der Waals surface area contributed by atoms with Gasteiger partial charge in [-0.15, -0.1) is 0 Å². The summed E-state index contributed by atoms with van der Waals surface area (Å²) in [6.45, 7) is 0. The van der Waals surface area contributed by atoms with Crippen molar-refractivity contribution in [3.63, 3.8) is 0 Å². The van der Waals surface area contributed by atoms with E-state index in [1.165, 1.54) is 24.3 Å². The molecule has 5 heteroatoms. The smallest absolute Gasteiger partial charge is 0.340 e. The molecule has 0 N–H and O–H groups in total. The minimum atomic E-state index is -0.562. The Morgan fingerprint density at radius 1 is 1.40 bits per heavy atom. The summed E-state index contributed by atoms with van der Waals surface area (Å²) in [5, 5.41) is 0. The molecule has 1 amide bonds. The van der Waals surface area contributed by atoms with Crippen molar-refractivity contribution in [1.29, 1.82) is 0 Å². The van der Waals surface area contributed by atoms with Gasteiger partial charge in [0, 0.05) is 20.3 Å². The predicted molar refractivity (Wildman–Crippen MR) is 53.6 cm³/mol. The van der Waals surface area contributed by atoms with Crippen LogP contribution in [0.2, 0.25) is 0 Å². The van der Waals surface area contributed by atoms with Gasteiger partial charge in [0.15, 0.2) is 0 Å². The van der Waals surface area contributed by atoms with Gasteiger partial charge >= 0.3 is 5.97 Å². The van der Waals surface area contributed by atoms with E-state index in [0.29, 0.717) is 0 Å². The van der Waals surface area contributed by atoms with Crippen LogP contribution in [-0.4, -0.2) is 43.0 Å². The Bertz CT molecular complexity index is 388. The maximum absolute atomic E-state index is 11.6. The number of esters is 1. The van der Waals surface area contributed by atoms with E-state index in [9.17, 15) is 9.59 Å². The molecule has 5 nitrogen and oxygen atoms in total. The second-order valence-electron chi connectivity index (χ2n) is 3.09. The van der Waals surface area contributed by atoms with E-state index in [-0.39, 0.29) is 17.2 Å². The van der Waals surface area contributed by atoms with Gasteiger partial charge in [0.25, 0.3) is 5.91 Å². The van der Waals surface area contributed by atoms with Crippen molar-refractivity contribution in [1.82, 2.24) is 9.88 Å². The Balaban J connectivity index is 3.18. The Labute approximate surface area is 87.7 Å². The number of rotatable bonds is 2. The van der Waals surface area contributed by atoms with Gasteiger partial charge in [0.2, 0.25) is 0 Å². The van der Waals surface area contributed by atoms with E-state index in [2.05, 4.69) is 9.72 Å². The molecule has 0 aromatic carbocycles. The van der Waals surface area contributed by atoms with Crippen molar-refractivity contribution in [3.05, 3.63) is 29.6 Å². The van der Waals surface area contributed by atoms with Crippen molar-refractivity contribution in [2.45, 2.75) is 0 Å². The zero-order valence-corrected chi connectivity index (χ0v) is 8.85. The molecule has 1 aromatic rings. The lowest BCUT2D eigenvalue weighted by Crippen LogP contribution is -2.25. The average Bonchev–Trinajstić information content (AvgIpc) is 2.27. The molecule has 0 bridgehead atoms. The molecule has 15 heavy (non-hydrogen) atoms. The van der Waals surface area contributed by atoms with Gasteiger partial charge in [0.1, 0.15) is 5.69 Å². The molecule has 0 aliphatic rings. The van der Waals surface area contributed by atoms with Crippen LogP contribution in [0.3, 0.4) is 0 Å². The van der Waals surface area contributed by atoms with Gasteiger partial charge in [-0.1, -0.05) is 0 Å². The summed E-state index contributed by atoms with van der Waals surface area (Å²) in [5.74, 6) is -0.885. The van der Waals surface area contributed by atoms with Crippen LogP contribution in [0, 0.1) is 0 Å². The molecule has 0 aliphatic carbocycles. The number of nitrogens with zero attached hydrogens (tertiary/aromatic N) is 2. The molecule has 0 saturated heterocycles. The van der Waals surface area contributed by atoms with Crippen LogP contribution in [0.4, 0.5) is 0 Å². The maximum atomic E-state index is 11.6. The third-order valence-electron chi connectivity index (χ3n) is 1.82. The van der Waals surface area contributed by atoms with Gasteiger partial charge < -0.3 is 9.64 Å². The monoisotopic (exact) mass is 208 g/mol. The average molecular weight is 208 g/mol. The normalized spacial score (nSPS) is 9.53. The summed E-state index contributed by atoms with van der Waals surface area (Å²) in [5.41, 5.74) is 0.285. The summed E-state index contributed by atoms with van der Waals surface area (Å²) in [7, 11) is 4.45. The highest BCUT2D eigenvalue weighted by molar-refractivity contribution is 6.03. The van der Waals surface area contributed by atoms with E-state index in [1.54, 1.807) is 20.2 Å². The number of amides is 1. The molecule has 0 aliphatic heterocycles. The van der Waals surface area contributed by atoms with E-state index >= 15 is 0 Å². The van der Waals surface area contributed by atoms with E-state index in [4.69, 9.17) is 0 Å². The van der Waals surface area contributed by atoms with Crippen LogP contribution in [0.5, 0.6) is 0 Å². The quantitative estimate of drug-likeness (QED) is 0.667. The summed E-state index contributed by atoms with van der Waals surface area (Å²) >= 11 is 0. The van der Waals surface area contributed by atoms with Crippen LogP contribution in [0.1, 0.15) is 20.8 Å². The first kappa shape index (κ1) is 11.2. The van der Waals surface area contributed by atoms with Crippen LogP contribution in [0.25, 0.3) is 0 Å². The minimum Gasteiger partial charge on any atom is -0.465 e. The number of carbonyl (C=O) groups is 2. The Morgan fingerprint density at radius 2 is 2.07 bits per heavy atom. The molecular formula is C10H12N2O3. The van der Waals surface area contributed by atoms with Crippen molar-refractivity contribution >= 4 is 11.9 Å². The van der Waals surface area contributed by atoms with Gasteiger partial charge in [-0.2, -0.15) is 0 Å². The second-order valence-corrected chi connectivity index (χ2v) is 3.09.